The Hall–Kier alpha value is -2.74. The van der Waals surface area contributed by atoms with E-state index in [0.717, 1.165) is 50.1 Å². The molecule has 0 radical (unpaired) electrons. The van der Waals surface area contributed by atoms with Crippen molar-refractivity contribution in [2.24, 2.45) is 16.2 Å². The Morgan fingerprint density at radius 3 is 2.41 bits per heavy atom. The maximum atomic E-state index is 12.1. The van der Waals surface area contributed by atoms with E-state index < -0.39 is 5.97 Å². The molecule has 6 rings (SSSR count). The monoisotopic (exact) mass is 508 g/mol. The number of likely N-dealkylation sites (N-methyl/N-ethyl adjacent to an activating group) is 1. The number of hydrogen-bond acceptors (Lipinski definition) is 5. The third-order valence-electron chi connectivity index (χ3n) is 8.92. The standard InChI is InChI=1S/C29H40N4O4/c1-6-9-37-29-15-26(3)12-27(4,16-29)14-28(13-26,17-29)18-33-19(2)22(11-31-33)21-8-7-20(10-23(34)30-5)32-24(21)25(35)36/h7-8,11H,6,9-10,12-18H2,1-5H3,(H,30,34)(H,35,36). The number of carboxylic acid groups (broad SMARTS) is 1. The fourth-order valence-electron chi connectivity index (χ4n) is 8.89. The van der Waals surface area contributed by atoms with Crippen molar-refractivity contribution >= 4 is 11.9 Å². The number of nitrogens with one attached hydrogen (secondary N) is 1. The molecule has 37 heavy (non-hydrogen) atoms. The molecule has 2 atom stereocenters. The molecule has 2 aromatic rings. The van der Waals surface area contributed by atoms with E-state index in [1.54, 1.807) is 25.4 Å². The van der Waals surface area contributed by atoms with Gasteiger partial charge in [0.1, 0.15) is 0 Å². The quantitative estimate of drug-likeness (QED) is 0.505. The van der Waals surface area contributed by atoms with E-state index >= 15 is 0 Å². The third kappa shape index (κ3) is 4.69. The van der Waals surface area contributed by atoms with Gasteiger partial charge in [0.25, 0.3) is 0 Å². The number of carbonyl (C=O) groups is 2. The molecule has 0 spiro atoms. The number of hydrogen-bond donors (Lipinski definition) is 2. The van der Waals surface area contributed by atoms with Gasteiger partial charge in [0.2, 0.25) is 5.91 Å². The molecule has 2 heterocycles. The van der Waals surface area contributed by atoms with Gasteiger partial charge in [-0.1, -0.05) is 20.8 Å². The minimum Gasteiger partial charge on any atom is -0.476 e. The van der Waals surface area contributed by atoms with Crippen molar-refractivity contribution in [1.29, 1.82) is 0 Å². The summed E-state index contributed by atoms with van der Waals surface area (Å²) < 4.78 is 8.72. The number of ether oxygens (including phenoxy) is 1. The normalized spacial score (nSPS) is 32.0. The largest absolute Gasteiger partial charge is 0.476 e. The summed E-state index contributed by atoms with van der Waals surface area (Å²) in [4.78, 5) is 28.2. The summed E-state index contributed by atoms with van der Waals surface area (Å²) in [5.74, 6) is -1.32. The van der Waals surface area contributed by atoms with E-state index in [-0.39, 0.29) is 39.9 Å². The topological polar surface area (TPSA) is 106 Å². The van der Waals surface area contributed by atoms with Gasteiger partial charge in [-0.2, -0.15) is 5.10 Å². The number of pyridine rings is 1. The Kier molecular flexibility index (Phi) is 6.25. The van der Waals surface area contributed by atoms with Crippen LogP contribution >= 0.6 is 0 Å². The van der Waals surface area contributed by atoms with Gasteiger partial charge in [-0.05, 0) is 80.2 Å². The van der Waals surface area contributed by atoms with Crippen molar-refractivity contribution in [3.8, 4) is 11.1 Å². The molecule has 0 aromatic carbocycles. The lowest BCUT2D eigenvalue weighted by molar-refractivity contribution is -0.248. The molecule has 2 unspecified atom stereocenters. The van der Waals surface area contributed by atoms with Crippen LogP contribution in [0.2, 0.25) is 0 Å². The average molecular weight is 509 g/mol. The number of carboxylic acids is 1. The summed E-state index contributed by atoms with van der Waals surface area (Å²) in [7, 11) is 1.55. The minimum absolute atomic E-state index is 0.0389. The summed E-state index contributed by atoms with van der Waals surface area (Å²) in [6.07, 6.45) is 9.82. The van der Waals surface area contributed by atoms with Crippen molar-refractivity contribution in [2.75, 3.05) is 13.7 Å². The molecule has 4 saturated carbocycles. The summed E-state index contributed by atoms with van der Waals surface area (Å²) in [5.41, 5.74) is 3.26. The van der Waals surface area contributed by atoms with E-state index in [4.69, 9.17) is 9.84 Å². The van der Waals surface area contributed by atoms with E-state index in [9.17, 15) is 14.7 Å². The van der Waals surface area contributed by atoms with Crippen LogP contribution < -0.4 is 5.32 Å². The summed E-state index contributed by atoms with van der Waals surface area (Å²) in [6, 6.07) is 3.48. The molecule has 8 nitrogen and oxygen atoms in total. The Labute approximate surface area is 219 Å². The second-order valence-corrected chi connectivity index (χ2v) is 12.9. The first kappa shape index (κ1) is 25.9. The lowest BCUT2D eigenvalue weighted by atomic mass is 9.39. The average Bonchev–Trinajstić information content (AvgIpc) is 3.14. The molecule has 4 aliphatic rings. The Morgan fingerprint density at radius 2 is 1.78 bits per heavy atom. The Balaban J connectivity index is 1.46. The van der Waals surface area contributed by atoms with E-state index in [1.165, 1.54) is 19.3 Å². The first-order chi connectivity index (χ1) is 17.4. The number of aromatic nitrogens is 3. The second-order valence-electron chi connectivity index (χ2n) is 12.9. The fourth-order valence-corrected chi connectivity index (χ4v) is 8.89. The number of carbonyl (C=O) groups excluding carboxylic acids is 1. The van der Waals surface area contributed by atoms with Gasteiger partial charge in [-0.3, -0.25) is 9.48 Å². The zero-order valence-electron chi connectivity index (χ0n) is 22.8. The SMILES string of the molecule is CCCOC12CC3(C)CC(C)(CC(Cn4ncc(-c5ccc(CC(=O)NC)nc5C(=O)O)c4C)(C3)C1)C2. The molecule has 4 fully saturated rings. The highest BCUT2D eigenvalue weighted by molar-refractivity contribution is 5.94. The van der Waals surface area contributed by atoms with Gasteiger partial charge in [0, 0.05) is 37.0 Å². The number of nitrogens with zero attached hydrogens (tertiary/aromatic N) is 3. The van der Waals surface area contributed by atoms with Crippen LogP contribution in [0, 0.1) is 23.2 Å². The summed E-state index contributed by atoms with van der Waals surface area (Å²) >= 11 is 0. The fraction of sp³-hybridized carbons (Fsp3) is 0.655. The van der Waals surface area contributed by atoms with Crippen molar-refractivity contribution < 1.29 is 19.4 Å². The van der Waals surface area contributed by atoms with Gasteiger partial charge >= 0.3 is 5.97 Å². The first-order valence-corrected chi connectivity index (χ1v) is 13.5. The highest BCUT2D eigenvalue weighted by Gasteiger charge is 2.66. The maximum absolute atomic E-state index is 12.1. The number of aromatic carboxylic acids is 1. The minimum atomic E-state index is -1.11. The molecule has 4 bridgehead atoms. The third-order valence-corrected chi connectivity index (χ3v) is 8.92. The van der Waals surface area contributed by atoms with Crippen LogP contribution in [0.15, 0.2) is 18.3 Å². The first-order valence-electron chi connectivity index (χ1n) is 13.5. The molecular formula is C29H40N4O4. The van der Waals surface area contributed by atoms with Gasteiger partial charge in [0.15, 0.2) is 5.69 Å². The molecule has 0 aliphatic heterocycles. The van der Waals surface area contributed by atoms with Crippen LogP contribution in [0.4, 0.5) is 0 Å². The second kappa shape index (κ2) is 8.93. The predicted molar refractivity (Wildman–Crippen MR) is 140 cm³/mol. The molecule has 2 N–H and O–H groups in total. The van der Waals surface area contributed by atoms with Gasteiger partial charge < -0.3 is 15.2 Å². The smallest absolute Gasteiger partial charge is 0.355 e. The molecule has 1 amide bonds. The Bertz CT molecular complexity index is 1220. The van der Waals surface area contributed by atoms with E-state index in [1.807, 2.05) is 6.92 Å². The zero-order chi connectivity index (χ0) is 26.6. The highest BCUT2D eigenvalue weighted by Crippen LogP contribution is 2.72. The Morgan fingerprint density at radius 1 is 1.08 bits per heavy atom. The van der Waals surface area contributed by atoms with E-state index in [2.05, 4.69) is 35.8 Å². The summed E-state index contributed by atoms with van der Waals surface area (Å²) in [6.45, 7) is 10.7. The van der Waals surface area contributed by atoms with Crippen molar-refractivity contribution in [2.45, 2.75) is 91.2 Å². The van der Waals surface area contributed by atoms with Crippen molar-refractivity contribution in [3.05, 3.63) is 35.4 Å². The molecule has 4 aliphatic carbocycles. The number of rotatable bonds is 9. The summed E-state index contributed by atoms with van der Waals surface area (Å²) in [5, 5.41) is 17.2. The van der Waals surface area contributed by atoms with Crippen molar-refractivity contribution in [1.82, 2.24) is 20.1 Å². The maximum Gasteiger partial charge on any atom is 0.355 e. The molecule has 2 aromatic heterocycles. The van der Waals surface area contributed by atoms with Gasteiger partial charge in [0.05, 0.1) is 23.9 Å². The molecule has 200 valence electrons. The molecule has 0 saturated heterocycles. The lowest BCUT2D eigenvalue weighted by Gasteiger charge is -2.69. The lowest BCUT2D eigenvalue weighted by Crippen LogP contribution is -2.64. The highest BCUT2D eigenvalue weighted by atomic mass is 16.5. The van der Waals surface area contributed by atoms with Gasteiger partial charge in [-0.15, -0.1) is 0 Å². The van der Waals surface area contributed by atoms with Crippen LogP contribution in [0.25, 0.3) is 11.1 Å². The molecular weight excluding hydrogens is 468 g/mol. The van der Waals surface area contributed by atoms with Crippen LogP contribution in [0.1, 0.15) is 87.6 Å². The van der Waals surface area contributed by atoms with Crippen molar-refractivity contribution in [3.63, 3.8) is 0 Å². The van der Waals surface area contributed by atoms with Crippen LogP contribution in [-0.2, 0) is 22.5 Å². The van der Waals surface area contributed by atoms with Crippen LogP contribution in [0.5, 0.6) is 0 Å². The van der Waals surface area contributed by atoms with E-state index in [0.29, 0.717) is 11.3 Å². The predicted octanol–water partition coefficient (Wildman–Crippen LogP) is 4.79. The van der Waals surface area contributed by atoms with Crippen LogP contribution in [-0.4, -0.2) is 51.0 Å². The molecule has 8 heteroatoms. The zero-order valence-corrected chi connectivity index (χ0v) is 22.8. The number of amides is 1. The van der Waals surface area contributed by atoms with Gasteiger partial charge in [-0.25, -0.2) is 9.78 Å². The van der Waals surface area contributed by atoms with Crippen LogP contribution in [0.3, 0.4) is 0 Å².